The molecule has 2 heterocycles. The van der Waals surface area contributed by atoms with E-state index in [1.165, 1.54) is 0 Å². The summed E-state index contributed by atoms with van der Waals surface area (Å²) in [5.41, 5.74) is 9.18. The molecule has 22 heavy (non-hydrogen) atoms. The van der Waals surface area contributed by atoms with Gasteiger partial charge in [-0.15, -0.1) is 10.2 Å². The zero-order valence-corrected chi connectivity index (χ0v) is 14.3. The molecule has 0 saturated carbocycles. The maximum Gasteiger partial charge on any atom is 0.175 e. The van der Waals surface area contributed by atoms with Gasteiger partial charge in [-0.2, -0.15) is 0 Å². The van der Waals surface area contributed by atoms with Crippen molar-refractivity contribution in [1.82, 2.24) is 15.5 Å². The van der Waals surface area contributed by atoms with Gasteiger partial charge in [-0.3, -0.25) is 0 Å². The summed E-state index contributed by atoms with van der Waals surface area (Å²) in [5, 5.41) is 13.4. The minimum atomic E-state index is -0.213. The number of halogens is 2. The Morgan fingerprint density at radius 3 is 2.91 bits per heavy atom. The van der Waals surface area contributed by atoms with E-state index in [0.29, 0.717) is 18.8 Å². The quantitative estimate of drug-likeness (QED) is 0.517. The van der Waals surface area contributed by atoms with Crippen LogP contribution in [0.25, 0.3) is 10.4 Å². The Labute approximate surface area is 141 Å². The van der Waals surface area contributed by atoms with Gasteiger partial charge in [0.05, 0.1) is 11.7 Å². The Morgan fingerprint density at radius 1 is 1.55 bits per heavy atom. The number of azide groups is 1. The predicted molar refractivity (Wildman–Crippen MR) is 88.4 cm³/mol. The molecule has 7 nitrogen and oxygen atoms in total. The number of nitrogens with one attached hydrogen (secondary N) is 1. The smallest absolute Gasteiger partial charge is 0.175 e. The Kier molecular flexibility index (Phi) is 4.88. The van der Waals surface area contributed by atoms with Crippen molar-refractivity contribution in [3.63, 3.8) is 0 Å². The van der Waals surface area contributed by atoms with Crippen molar-refractivity contribution in [2.45, 2.75) is 32.9 Å². The molecule has 1 aliphatic heterocycles. The van der Waals surface area contributed by atoms with Crippen LogP contribution in [0.1, 0.15) is 20.8 Å². The number of piperazine rings is 1. The molecule has 1 fully saturated rings. The summed E-state index contributed by atoms with van der Waals surface area (Å²) >= 11 is 12.1. The number of rotatable bonds is 3. The zero-order valence-electron chi connectivity index (χ0n) is 13.7. The van der Waals surface area contributed by atoms with Crippen molar-refractivity contribution in [1.29, 1.82) is 0 Å². The average Bonchev–Trinajstić information content (AvgIpc) is 2.46. The molecule has 0 aliphatic carbocycles. The van der Waals surface area contributed by atoms with Crippen molar-refractivity contribution >= 4 is 28.9 Å². The molecule has 2 atom stereocenters. The van der Waals surface area contributed by atoms with Crippen molar-refractivity contribution < 1.29 is 1.41 Å². The molecule has 1 saturated heterocycles. The lowest BCUT2D eigenvalue weighted by atomic mass is 9.80. The van der Waals surface area contributed by atoms with E-state index in [1.54, 1.807) is 11.4 Å². The zero-order chi connectivity index (χ0) is 17.2. The molecule has 120 valence electrons. The van der Waals surface area contributed by atoms with Crippen LogP contribution in [0.3, 0.4) is 0 Å². The molecule has 1 N–H and O–H groups in total. The highest BCUT2D eigenvalue weighted by molar-refractivity contribution is 6.33. The fourth-order valence-corrected chi connectivity index (χ4v) is 3.12. The largest absolute Gasteiger partial charge is 0.363 e. The summed E-state index contributed by atoms with van der Waals surface area (Å²) in [6.07, 6.45) is 0. The predicted octanol–water partition coefficient (Wildman–Crippen LogP) is 3.29. The first-order chi connectivity index (χ1) is 10.8. The van der Waals surface area contributed by atoms with E-state index < -0.39 is 0 Å². The topological polar surface area (TPSA) is 89.8 Å². The normalized spacial score (nSPS) is 23.9. The molecule has 0 spiro atoms. The van der Waals surface area contributed by atoms with Crippen LogP contribution >= 0.6 is 23.2 Å². The molecule has 1 aliphatic rings. The highest BCUT2D eigenvalue weighted by atomic mass is 35.5. The Morgan fingerprint density at radius 2 is 2.27 bits per heavy atom. The Balaban J connectivity index is 2.47. The molecule has 1 aromatic heterocycles. The Hall–Kier alpha value is -1.27. The lowest BCUT2D eigenvalue weighted by Crippen LogP contribution is -2.63. The van der Waals surface area contributed by atoms with Gasteiger partial charge in [0.25, 0.3) is 0 Å². The number of hydrogen-bond donors (Lipinski definition) is 1. The third-order valence-corrected chi connectivity index (χ3v) is 4.11. The molecular formula is C13H19Cl2N7. The minimum absolute atomic E-state index is 0.148. The first-order valence-corrected chi connectivity index (χ1v) is 7.73. The van der Waals surface area contributed by atoms with Gasteiger partial charge in [-0.05, 0) is 10.9 Å². The summed E-state index contributed by atoms with van der Waals surface area (Å²) in [7, 11) is 0. The molecule has 0 radical (unpaired) electrons. The standard InChI is InChI=1S/C13H19Cl2N7/c1-13(2,3)11-9(7-18-21-16)22(5-4-17-11)8-6-10(14)19-20-12(8)15/h6,9,11,17H,4-5,7H2,1-3H3/t9?,11-/m0/s1/i/hD. The van der Waals surface area contributed by atoms with Gasteiger partial charge in [-0.25, -0.2) is 0 Å². The minimum Gasteiger partial charge on any atom is -0.363 e. The molecular weight excluding hydrogens is 325 g/mol. The maximum absolute atomic E-state index is 8.72. The monoisotopic (exact) mass is 344 g/mol. The highest BCUT2D eigenvalue weighted by Gasteiger charge is 2.38. The first-order valence-electron chi connectivity index (χ1n) is 7.42. The molecule has 1 aromatic rings. The number of aromatic nitrogens is 2. The van der Waals surface area contributed by atoms with E-state index in [0.717, 1.165) is 0 Å². The fraction of sp³-hybridized carbons (Fsp3) is 0.692. The molecule has 2 rings (SSSR count). The second kappa shape index (κ2) is 6.87. The molecule has 0 bridgehead atoms. The van der Waals surface area contributed by atoms with Crippen LogP contribution in [0.2, 0.25) is 11.7 Å². The first kappa shape index (κ1) is 15.6. The van der Waals surface area contributed by atoms with Gasteiger partial charge in [0.2, 0.25) is 0 Å². The van der Waals surface area contributed by atoms with Crippen LogP contribution in [-0.4, -0.2) is 41.9 Å². The lowest BCUT2D eigenvalue weighted by molar-refractivity contribution is 0.208. The van der Waals surface area contributed by atoms with Crippen molar-refractivity contribution in [3.05, 3.63) is 26.8 Å². The number of nitrogens with zero attached hydrogens (tertiary/aromatic N) is 6. The fourth-order valence-electron chi connectivity index (χ4n) is 2.78. The van der Waals surface area contributed by atoms with Crippen LogP contribution in [-0.2, 0) is 0 Å². The number of hydrogen-bond acceptors (Lipinski definition) is 5. The average molecular weight is 345 g/mol. The number of anilines is 1. The summed E-state index contributed by atoms with van der Waals surface area (Å²) < 4.78 is 8.28. The highest BCUT2D eigenvalue weighted by Crippen LogP contribution is 2.33. The van der Waals surface area contributed by atoms with Gasteiger partial charge >= 0.3 is 0 Å². The molecule has 9 heteroatoms. The van der Waals surface area contributed by atoms with E-state index >= 15 is 0 Å². The Bertz CT molecular complexity index is 615. The van der Waals surface area contributed by atoms with Crippen LogP contribution < -0.4 is 10.2 Å². The second-order valence-corrected chi connectivity index (χ2v) is 6.98. The van der Waals surface area contributed by atoms with Gasteiger partial charge in [0.15, 0.2) is 10.3 Å². The van der Waals surface area contributed by atoms with Crippen LogP contribution in [0.4, 0.5) is 5.69 Å². The van der Waals surface area contributed by atoms with Gasteiger partial charge in [0, 0.05) is 36.7 Å². The van der Waals surface area contributed by atoms with Gasteiger partial charge in [0.1, 0.15) is 1.41 Å². The van der Waals surface area contributed by atoms with Crippen molar-refractivity contribution in [2.24, 2.45) is 10.5 Å². The summed E-state index contributed by atoms with van der Waals surface area (Å²) in [5.74, 6) is 0. The van der Waals surface area contributed by atoms with Crippen LogP contribution in [0.5, 0.6) is 0 Å². The lowest BCUT2D eigenvalue weighted by Gasteiger charge is -2.48. The van der Waals surface area contributed by atoms with Gasteiger partial charge in [-0.1, -0.05) is 49.1 Å². The van der Waals surface area contributed by atoms with Gasteiger partial charge < -0.3 is 10.2 Å². The summed E-state index contributed by atoms with van der Waals surface area (Å²) in [6, 6.07) is 1.29. The van der Waals surface area contributed by atoms with Crippen LogP contribution in [0, 0.1) is 5.41 Å². The third kappa shape index (κ3) is 3.73. The second-order valence-electron chi connectivity index (χ2n) is 6.23. The van der Waals surface area contributed by atoms with Crippen molar-refractivity contribution in [2.75, 3.05) is 24.5 Å². The SMILES string of the molecule is [2H]N1CCN(c2cc(Cl)nnc2Cl)C(CN=[N+]=[N-])[C@H]1C(C)(C)C. The molecule has 0 aromatic carbocycles. The van der Waals surface area contributed by atoms with E-state index in [-0.39, 0.29) is 34.3 Å². The van der Waals surface area contributed by atoms with E-state index in [2.05, 4.69) is 41.0 Å². The molecule has 1 unspecified atom stereocenters. The summed E-state index contributed by atoms with van der Waals surface area (Å²) in [6.45, 7) is 7.50. The van der Waals surface area contributed by atoms with Crippen molar-refractivity contribution in [3.8, 4) is 0 Å². The van der Waals surface area contributed by atoms with E-state index in [1.807, 2.05) is 4.90 Å². The van der Waals surface area contributed by atoms with E-state index in [4.69, 9.17) is 30.1 Å². The van der Waals surface area contributed by atoms with Crippen LogP contribution in [0.15, 0.2) is 11.2 Å². The maximum atomic E-state index is 8.72. The van der Waals surface area contributed by atoms with E-state index in [9.17, 15) is 0 Å². The summed E-state index contributed by atoms with van der Waals surface area (Å²) in [4.78, 5) is 4.88. The third-order valence-electron chi connectivity index (χ3n) is 3.66. The molecule has 0 amide bonds.